The molecule has 2 aromatic carbocycles. The monoisotopic (exact) mass is 307 g/mol. The molecule has 2 aromatic rings. The summed E-state index contributed by atoms with van der Waals surface area (Å²) >= 11 is 0. The van der Waals surface area contributed by atoms with Gasteiger partial charge in [-0.15, -0.1) is 0 Å². The Balaban J connectivity index is 1.48. The summed E-state index contributed by atoms with van der Waals surface area (Å²) in [6.45, 7) is 2.87. The minimum Gasteiger partial charge on any atom is -0.310 e. The van der Waals surface area contributed by atoms with Gasteiger partial charge in [-0.3, -0.25) is 4.79 Å². The molecule has 1 amide bonds. The molecule has 2 unspecified atom stereocenters. The summed E-state index contributed by atoms with van der Waals surface area (Å²) in [5.74, 6) is 0.164. The molecule has 0 spiro atoms. The van der Waals surface area contributed by atoms with Crippen molar-refractivity contribution in [3.63, 3.8) is 0 Å². The van der Waals surface area contributed by atoms with Crippen LogP contribution in [0.25, 0.3) is 0 Å². The third-order valence-corrected chi connectivity index (χ3v) is 4.83. The fourth-order valence-corrected chi connectivity index (χ4v) is 3.49. The number of anilines is 1. The second-order valence-electron chi connectivity index (χ2n) is 6.41. The SMILES string of the molecule is Cc1ccc(C2CC(C(=O)N3CCc4ccccc43)NN2)cc1. The van der Waals surface area contributed by atoms with Gasteiger partial charge >= 0.3 is 0 Å². The molecule has 2 aliphatic heterocycles. The fraction of sp³-hybridized carbons (Fsp3) is 0.316. The van der Waals surface area contributed by atoms with Crippen LogP contribution < -0.4 is 15.8 Å². The van der Waals surface area contributed by atoms with Crippen molar-refractivity contribution < 1.29 is 4.79 Å². The van der Waals surface area contributed by atoms with Crippen molar-refractivity contribution in [2.45, 2.75) is 31.8 Å². The van der Waals surface area contributed by atoms with Crippen molar-refractivity contribution in [1.29, 1.82) is 0 Å². The number of carbonyl (C=O) groups is 1. The van der Waals surface area contributed by atoms with Gasteiger partial charge in [0.2, 0.25) is 5.91 Å². The van der Waals surface area contributed by atoms with E-state index in [-0.39, 0.29) is 18.0 Å². The quantitative estimate of drug-likeness (QED) is 0.896. The standard InChI is InChI=1S/C19H21N3O/c1-13-6-8-14(9-7-13)16-12-17(21-20-16)19(23)22-11-10-15-4-2-3-5-18(15)22/h2-9,16-17,20-21H,10-12H2,1H3. The summed E-state index contributed by atoms with van der Waals surface area (Å²) in [7, 11) is 0. The van der Waals surface area contributed by atoms with Crippen molar-refractivity contribution in [3.8, 4) is 0 Å². The molecular weight excluding hydrogens is 286 g/mol. The van der Waals surface area contributed by atoms with Crippen LogP contribution in [-0.2, 0) is 11.2 Å². The number of carbonyl (C=O) groups excluding carboxylic acids is 1. The zero-order valence-electron chi connectivity index (χ0n) is 13.3. The number of aryl methyl sites for hydroxylation is 1. The van der Waals surface area contributed by atoms with Gasteiger partial charge in [-0.25, -0.2) is 10.9 Å². The number of fused-ring (bicyclic) bond motifs is 1. The van der Waals surface area contributed by atoms with E-state index in [1.54, 1.807) is 0 Å². The third-order valence-electron chi connectivity index (χ3n) is 4.83. The van der Waals surface area contributed by atoms with E-state index in [0.717, 1.165) is 25.1 Å². The molecule has 0 saturated carbocycles. The van der Waals surface area contributed by atoms with Crippen LogP contribution in [0.1, 0.15) is 29.2 Å². The smallest absolute Gasteiger partial charge is 0.245 e. The summed E-state index contributed by atoms with van der Waals surface area (Å²) in [6, 6.07) is 16.7. The molecule has 4 rings (SSSR count). The van der Waals surface area contributed by atoms with Gasteiger partial charge in [-0.2, -0.15) is 0 Å². The summed E-state index contributed by atoms with van der Waals surface area (Å²) in [6.07, 6.45) is 1.73. The lowest BCUT2D eigenvalue weighted by Crippen LogP contribution is -2.45. The number of nitrogens with zero attached hydrogens (tertiary/aromatic N) is 1. The van der Waals surface area contributed by atoms with E-state index >= 15 is 0 Å². The van der Waals surface area contributed by atoms with Crippen LogP contribution >= 0.6 is 0 Å². The molecule has 23 heavy (non-hydrogen) atoms. The van der Waals surface area contributed by atoms with Gasteiger partial charge in [0.25, 0.3) is 0 Å². The molecule has 1 fully saturated rings. The fourth-order valence-electron chi connectivity index (χ4n) is 3.49. The van der Waals surface area contributed by atoms with E-state index in [1.807, 2.05) is 23.1 Å². The van der Waals surface area contributed by atoms with Gasteiger partial charge in [0.05, 0.1) is 0 Å². The van der Waals surface area contributed by atoms with Crippen LogP contribution in [0.2, 0.25) is 0 Å². The van der Waals surface area contributed by atoms with E-state index in [2.05, 4.69) is 48.1 Å². The van der Waals surface area contributed by atoms with Crippen molar-refractivity contribution in [2.75, 3.05) is 11.4 Å². The highest BCUT2D eigenvalue weighted by molar-refractivity contribution is 5.99. The number of nitrogens with one attached hydrogen (secondary N) is 2. The molecule has 2 heterocycles. The molecule has 0 aromatic heterocycles. The molecule has 1 saturated heterocycles. The van der Waals surface area contributed by atoms with Crippen LogP contribution in [0.4, 0.5) is 5.69 Å². The van der Waals surface area contributed by atoms with Gasteiger partial charge in [-0.1, -0.05) is 48.0 Å². The highest BCUT2D eigenvalue weighted by atomic mass is 16.2. The third kappa shape index (κ3) is 2.64. The van der Waals surface area contributed by atoms with Crippen LogP contribution in [0.3, 0.4) is 0 Å². The summed E-state index contributed by atoms with van der Waals surface area (Å²) in [5.41, 5.74) is 11.3. The zero-order valence-corrected chi connectivity index (χ0v) is 13.3. The van der Waals surface area contributed by atoms with Crippen molar-refractivity contribution in [3.05, 3.63) is 65.2 Å². The lowest BCUT2D eigenvalue weighted by Gasteiger charge is -2.21. The first-order chi connectivity index (χ1) is 11.2. The van der Waals surface area contributed by atoms with Crippen LogP contribution in [0.15, 0.2) is 48.5 Å². The largest absolute Gasteiger partial charge is 0.310 e. The Labute approximate surface area is 136 Å². The Bertz CT molecular complexity index is 726. The van der Waals surface area contributed by atoms with E-state index in [9.17, 15) is 4.79 Å². The lowest BCUT2D eigenvalue weighted by atomic mass is 10.0. The van der Waals surface area contributed by atoms with Gasteiger partial charge < -0.3 is 4.90 Å². The summed E-state index contributed by atoms with van der Waals surface area (Å²) in [4.78, 5) is 14.8. The first-order valence-corrected chi connectivity index (χ1v) is 8.19. The Hall–Kier alpha value is -2.17. The number of hydrazine groups is 1. The molecule has 4 nitrogen and oxygen atoms in total. The topological polar surface area (TPSA) is 44.4 Å². The van der Waals surface area contributed by atoms with Crippen LogP contribution in [0.5, 0.6) is 0 Å². The lowest BCUT2D eigenvalue weighted by molar-refractivity contribution is -0.120. The Morgan fingerprint density at radius 1 is 1.09 bits per heavy atom. The molecule has 2 N–H and O–H groups in total. The zero-order chi connectivity index (χ0) is 15.8. The first kappa shape index (κ1) is 14.4. The Morgan fingerprint density at radius 2 is 1.87 bits per heavy atom. The second kappa shape index (κ2) is 5.80. The predicted octanol–water partition coefficient (Wildman–Crippen LogP) is 2.49. The maximum absolute atomic E-state index is 12.9. The Morgan fingerprint density at radius 3 is 2.70 bits per heavy atom. The van der Waals surface area contributed by atoms with E-state index < -0.39 is 0 Å². The first-order valence-electron chi connectivity index (χ1n) is 8.19. The molecule has 118 valence electrons. The minimum absolute atomic E-state index is 0.164. The average Bonchev–Trinajstić information content (AvgIpc) is 3.22. The normalized spacial score (nSPS) is 23.1. The number of para-hydroxylation sites is 1. The van der Waals surface area contributed by atoms with Gasteiger partial charge in [0, 0.05) is 18.3 Å². The number of amides is 1. The van der Waals surface area contributed by atoms with E-state index in [4.69, 9.17) is 0 Å². The minimum atomic E-state index is -0.174. The van der Waals surface area contributed by atoms with Crippen molar-refractivity contribution in [2.24, 2.45) is 0 Å². The van der Waals surface area contributed by atoms with Crippen LogP contribution in [0, 0.1) is 6.92 Å². The van der Waals surface area contributed by atoms with Gasteiger partial charge in [0.1, 0.15) is 6.04 Å². The number of hydrogen-bond acceptors (Lipinski definition) is 3. The molecular formula is C19H21N3O. The average molecular weight is 307 g/mol. The van der Waals surface area contributed by atoms with E-state index in [0.29, 0.717) is 0 Å². The Kier molecular flexibility index (Phi) is 3.63. The molecule has 2 atom stereocenters. The van der Waals surface area contributed by atoms with Gasteiger partial charge in [-0.05, 0) is 37.0 Å². The number of rotatable bonds is 2. The van der Waals surface area contributed by atoms with Gasteiger partial charge in [0.15, 0.2) is 0 Å². The summed E-state index contributed by atoms with van der Waals surface area (Å²) < 4.78 is 0. The highest BCUT2D eigenvalue weighted by Crippen LogP contribution is 2.30. The number of benzene rings is 2. The highest BCUT2D eigenvalue weighted by Gasteiger charge is 2.35. The van der Waals surface area contributed by atoms with Crippen molar-refractivity contribution in [1.82, 2.24) is 10.9 Å². The predicted molar refractivity (Wildman–Crippen MR) is 91.1 cm³/mol. The van der Waals surface area contributed by atoms with Crippen molar-refractivity contribution >= 4 is 11.6 Å². The molecule has 4 heteroatoms. The maximum atomic E-state index is 12.9. The molecule has 0 radical (unpaired) electrons. The molecule has 2 aliphatic rings. The molecule has 0 aliphatic carbocycles. The maximum Gasteiger partial charge on any atom is 0.245 e. The van der Waals surface area contributed by atoms with Crippen LogP contribution in [-0.4, -0.2) is 18.5 Å². The molecule has 0 bridgehead atoms. The second-order valence-corrected chi connectivity index (χ2v) is 6.41. The summed E-state index contributed by atoms with van der Waals surface area (Å²) in [5, 5.41) is 0. The van der Waals surface area contributed by atoms with E-state index in [1.165, 1.54) is 16.7 Å². The number of hydrogen-bond donors (Lipinski definition) is 2.